The Kier molecular flexibility index (Phi) is 10.2. The molecule has 1 amide bonds. The van der Waals surface area contributed by atoms with Gasteiger partial charge in [0.05, 0.1) is 32.0 Å². The maximum absolute atomic E-state index is 13.9. The smallest absolute Gasteiger partial charge is 0.407 e. The molecule has 0 aromatic heterocycles. The van der Waals surface area contributed by atoms with Gasteiger partial charge in [-0.15, -0.1) is 6.58 Å². The van der Waals surface area contributed by atoms with Crippen molar-refractivity contribution in [3.63, 3.8) is 0 Å². The van der Waals surface area contributed by atoms with Gasteiger partial charge in [-0.25, -0.2) is 13.6 Å². The van der Waals surface area contributed by atoms with Gasteiger partial charge in [0, 0.05) is 18.7 Å². The predicted molar refractivity (Wildman–Crippen MR) is 147 cm³/mol. The predicted octanol–water partition coefficient (Wildman–Crippen LogP) is 5.15. The molecule has 0 spiro atoms. The Morgan fingerprint density at radius 1 is 1.07 bits per heavy atom. The molecule has 7 nitrogen and oxygen atoms in total. The molecule has 0 bridgehead atoms. The molecular weight excluding hydrogens is 518 g/mol. The van der Waals surface area contributed by atoms with E-state index in [0.29, 0.717) is 24.3 Å². The lowest BCUT2D eigenvalue weighted by atomic mass is 10.00. The first-order valence-electron chi connectivity index (χ1n) is 13.1. The quantitative estimate of drug-likeness (QED) is 0.254. The molecule has 212 valence electrons. The SMILES string of the molecule is C=CCO[C@@H]1C[C@H](NC[C@@H](O)[C@H](Cc2cc(F)cc(F)c2)NC(=O)OCc2ccccc2)c2cc(OC)ccc21. The number of aliphatic hydroxyl groups excluding tert-OH is 1. The highest BCUT2D eigenvalue weighted by Gasteiger charge is 2.33. The zero-order chi connectivity index (χ0) is 28.5. The van der Waals surface area contributed by atoms with Gasteiger partial charge >= 0.3 is 6.09 Å². The van der Waals surface area contributed by atoms with E-state index < -0.39 is 29.9 Å². The minimum absolute atomic E-state index is 0.0158. The summed E-state index contributed by atoms with van der Waals surface area (Å²) in [6.45, 7) is 4.23. The third-order valence-electron chi connectivity index (χ3n) is 6.81. The number of carbonyl (C=O) groups is 1. The largest absolute Gasteiger partial charge is 0.497 e. The van der Waals surface area contributed by atoms with Crippen molar-refractivity contribution in [2.24, 2.45) is 0 Å². The molecule has 9 heteroatoms. The average molecular weight is 553 g/mol. The monoisotopic (exact) mass is 552 g/mol. The van der Waals surface area contributed by atoms with E-state index in [2.05, 4.69) is 17.2 Å². The molecular formula is C31H34F2N2O5. The van der Waals surface area contributed by atoms with Gasteiger partial charge in [-0.3, -0.25) is 0 Å². The Morgan fingerprint density at radius 3 is 2.52 bits per heavy atom. The van der Waals surface area contributed by atoms with Gasteiger partial charge in [0.1, 0.15) is 24.0 Å². The van der Waals surface area contributed by atoms with Crippen LogP contribution in [0.2, 0.25) is 0 Å². The maximum Gasteiger partial charge on any atom is 0.407 e. The number of rotatable bonds is 13. The van der Waals surface area contributed by atoms with Crippen LogP contribution in [-0.4, -0.2) is 43.6 Å². The van der Waals surface area contributed by atoms with Crippen molar-refractivity contribution in [2.45, 2.75) is 43.7 Å². The molecule has 0 radical (unpaired) electrons. The number of ether oxygens (including phenoxy) is 3. The van der Waals surface area contributed by atoms with E-state index in [1.54, 1.807) is 13.2 Å². The Labute approximate surface area is 232 Å². The Morgan fingerprint density at radius 2 is 1.82 bits per heavy atom. The fraction of sp³-hybridized carbons (Fsp3) is 0.323. The Hall–Kier alpha value is -3.79. The zero-order valence-corrected chi connectivity index (χ0v) is 22.3. The second kappa shape index (κ2) is 14.0. The summed E-state index contributed by atoms with van der Waals surface area (Å²) in [6.07, 6.45) is 0.269. The second-order valence-corrected chi connectivity index (χ2v) is 9.66. The molecule has 3 aromatic carbocycles. The maximum atomic E-state index is 13.9. The van der Waals surface area contributed by atoms with Gasteiger partial charge in [-0.05, 0) is 59.4 Å². The minimum Gasteiger partial charge on any atom is -0.497 e. The number of halogens is 2. The van der Waals surface area contributed by atoms with Crippen molar-refractivity contribution in [3.05, 3.63) is 113 Å². The number of benzene rings is 3. The molecule has 40 heavy (non-hydrogen) atoms. The topological polar surface area (TPSA) is 89.1 Å². The number of nitrogens with one attached hydrogen (secondary N) is 2. The molecule has 4 atom stereocenters. The molecule has 0 aliphatic heterocycles. The Bertz CT molecular complexity index is 1270. The lowest BCUT2D eigenvalue weighted by molar-refractivity contribution is 0.0667. The lowest BCUT2D eigenvalue weighted by Crippen LogP contribution is -2.49. The number of hydrogen-bond acceptors (Lipinski definition) is 6. The first kappa shape index (κ1) is 29.2. The summed E-state index contributed by atoms with van der Waals surface area (Å²) in [6, 6.07) is 17.0. The van der Waals surface area contributed by atoms with E-state index >= 15 is 0 Å². The van der Waals surface area contributed by atoms with Crippen LogP contribution in [0.1, 0.15) is 40.8 Å². The summed E-state index contributed by atoms with van der Waals surface area (Å²) in [5.41, 5.74) is 3.09. The van der Waals surface area contributed by atoms with Gasteiger partial charge < -0.3 is 30.0 Å². The van der Waals surface area contributed by atoms with Gasteiger partial charge in [-0.2, -0.15) is 0 Å². The van der Waals surface area contributed by atoms with Crippen molar-refractivity contribution in [3.8, 4) is 5.75 Å². The normalized spacial score (nSPS) is 17.5. The van der Waals surface area contributed by atoms with Crippen molar-refractivity contribution >= 4 is 6.09 Å². The number of hydrogen-bond donors (Lipinski definition) is 3. The van der Waals surface area contributed by atoms with E-state index in [4.69, 9.17) is 14.2 Å². The molecule has 3 N–H and O–H groups in total. The highest BCUT2D eigenvalue weighted by molar-refractivity contribution is 5.67. The molecule has 0 heterocycles. The summed E-state index contributed by atoms with van der Waals surface area (Å²) in [4.78, 5) is 12.6. The molecule has 0 saturated carbocycles. The number of alkyl carbamates (subject to hydrolysis) is 1. The lowest BCUT2D eigenvalue weighted by Gasteiger charge is -2.26. The van der Waals surface area contributed by atoms with Crippen LogP contribution in [0.5, 0.6) is 5.75 Å². The molecule has 1 aliphatic rings. The van der Waals surface area contributed by atoms with Crippen molar-refractivity contribution in [1.82, 2.24) is 10.6 Å². The third kappa shape index (κ3) is 7.88. The summed E-state index contributed by atoms with van der Waals surface area (Å²) >= 11 is 0. The average Bonchev–Trinajstić information content (AvgIpc) is 3.29. The number of aliphatic hydroxyl groups is 1. The Balaban J connectivity index is 1.45. The van der Waals surface area contributed by atoms with Crippen LogP contribution >= 0.6 is 0 Å². The van der Waals surface area contributed by atoms with Crippen molar-refractivity contribution in [1.29, 1.82) is 0 Å². The molecule has 3 aromatic rings. The van der Waals surface area contributed by atoms with Gasteiger partial charge in [-0.1, -0.05) is 42.5 Å². The number of amides is 1. The third-order valence-corrected chi connectivity index (χ3v) is 6.81. The van der Waals surface area contributed by atoms with Crippen molar-refractivity contribution < 1.29 is 32.9 Å². The summed E-state index contributed by atoms with van der Waals surface area (Å²) in [7, 11) is 1.59. The van der Waals surface area contributed by atoms with Crippen LogP contribution in [0.15, 0.2) is 79.4 Å². The summed E-state index contributed by atoms with van der Waals surface area (Å²) in [5, 5.41) is 17.2. The van der Waals surface area contributed by atoms with E-state index in [1.807, 2.05) is 48.5 Å². The summed E-state index contributed by atoms with van der Waals surface area (Å²) in [5.74, 6) is -0.783. The first-order chi connectivity index (χ1) is 19.4. The van der Waals surface area contributed by atoms with E-state index in [9.17, 15) is 18.7 Å². The zero-order valence-electron chi connectivity index (χ0n) is 22.3. The van der Waals surface area contributed by atoms with Crippen molar-refractivity contribution in [2.75, 3.05) is 20.3 Å². The van der Waals surface area contributed by atoms with Crippen LogP contribution in [0.3, 0.4) is 0 Å². The standard InChI is InChI=1S/C31H34F2N2O5/c1-3-11-39-30-17-27(26-16-24(38-2)9-10-25(26)30)34-18-29(36)28(14-21-12-22(32)15-23(33)13-21)35-31(37)40-19-20-7-5-4-6-8-20/h3-10,12-13,15-16,27-30,34,36H,1,11,14,17-19H2,2H3,(H,35,37)/t27-,28-,29+,30+/m0/s1. The van der Waals surface area contributed by atoms with Crippen LogP contribution in [0.4, 0.5) is 13.6 Å². The second-order valence-electron chi connectivity index (χ2n) is 9.66. The number of methoxy groups -OCH3 is 1. The van der Waals surface area contributed by atoms with Gasteiger partial charge in [0.15, 0.2) is 0 Å². The van der Waals surface area contributed by atoms with Gasteiger partial charge in [0.2, 0.25) is 0 Å². The number of carbonyl (C=O) groups excluding carboxylic acids is 1. The van der Waals surface area contributed by atoms with E-state index in [1.165, 1.54) is 12.1 Å². The molecule has 0 unspecified atom stereocenters. The van der Waals surface area contributed by atoms with Crippen LogP contribution in [-0.2, 0) is 22.5 Å². The highest BCUT2D eigenvalue weighted by Crippen LogP contribution is 2.42. The van der Waals surface area contributed by atoms with Crippen LogP contribution < -0.4 is 15.4 Å². The number of fused-ring (bicyclic) bond motifs is 1. The minimum atomic E-state index is -1.11. The van der Waals surface area contributed by atoms with E-state index in [-0.39, 0.29) is 31.7 Å². The van der Waals surface area contributed by atoms with Gasteiger partial charge in [0.25, 0.3) is 0 Å². The summed E-state index contributed by atoms with van der Waals surface area (Å²) < 4.78 is 44.4. The fourth-order valence-electron chi connectivity index (χ4n) is 4.87. The molecule has 1 aliphatic carbocycles. The van der Waals surface area contributed by atoms with E-state index in [0.717, 1.165) is 22.8 Å². The highest BCUT2D eigenvalue weighted by atomic mass is 19.1. The molecule has 4 rings (SSSR count). The van der Waals surface area contributed by atoms with Crippen LogP contribution in [0.25, 0.3) is 0 Å². The molecule has 0 saturated heterocycles. The van der Waals surface area contributed by atoms with Crippen LogP contribution in [0, 0.1) is 11.6 Å². The first-order valence-corrected chi connectivity index (χ1v) is 13.1. The fourth-order valence-corrected chi connectivity index (χ4v) is 4.87. The molecule has 0 fully saturated rings.